The number of pyridine rings is 1. The van der Waals surface area contributed by atoms with E-state index in [0.717, 1.165) is 22.7 Å². The standard InChI is InChI=1S/C23H21N3O6S.ClH/c1-31-20-12-14(26-33(2,29)30)10-11-18(20)25-22-15-6-3-4-8-17(15)24-23-16(22)7-5-9-19(23)32-13-21(27)28;/h3-12,26H,13H2,1-2H3,(H,24,25)(H,27,28);1H. The Labute approximate surface area is 202 Å². The summed E-state index contributed by atoms with van der Waals surface area (Å²) in [5.74, 6) is -0.307. The molecule has 0 aliphatic carbocycles. The van der Waals surface area contributed by atoms with Crippen molar-refractivity contribution in [2.45, 2.75) is 0 Å². The predicted octanol–water partition coefficient (Wildman–Crippen LogP) is 4.40. The van der Waals surface area contributed by atoms with Gasteiger partial charge >= 0.3 is 5.97 Å². The van der Waals surface area contributed by atoms with Gasteiger partial charge in [0, 0.05) is 16.8 Å². The number of nitrogens with zero attached hydrogens (tertiary/aromatic N) is 1. The lowest BCUT2D eigenvalue weighted by Gasteiger charge is -2.17. The van der Waals surface area contributed by atoms with Gasteiger partial charge in [-0.05, 0) is 24.3 Å². The second-order valence-electron chi connectivity index (χ2n) is 7.25. The van der Waals surface area contributed by atoms with E-state index in [1.807, 2.05) is 30.3 Å². The third kappa shape index (κ3) is 5.41. The number of ether oxygens (including phenoxy) is 2. The lowest BCUT2D eigenvalue weighted by molar-refractivity contribution is -0.139. The third-order valence-corrected chi connectivity index (χ3v) is 5.40. The van der Waals surface area contributed by atoms with Gasteiger partial charge in [-0.1, -0.05) is 30.3 Å². The summed E-state index contributed by atoms with van der Waals surface area (Å²) >= 11 is 0. The predicted molar refractivity (Wildman–Crippen MR) is 134 cm³/mol. The topological polar surface area (TPSA) is 127 Å². The molecule has 1 heterocycles. The number of hydrogen-bond donors (Lipinski definition) is 3. The highest BCUT2D eigenvalue weighted by Crippen LogP contribution is 2.39. The Kier molecular flexibility index (Phi) is 7.33. The minimum absolute atomic E-state index is 0. The molecule has 0 aliphatic heterocycles. The highest BCUT2D eigenvalue weighted by Gasteiger charge is 2.16. The number of carboxylic acid groups (broad SMARTS) is 1. The summed E-state index contributed by atoms with van der Waals surface area (Å²) in [6, 6.07) is 17.7. The van der Waals surface area contributed by atoms with E-state index < -0.39 is 22.6 Å². The SMILES string of the molecule is COc1cc(NS(C)(=O)=O)ccc1Nc1c2ccccc2nc2c(OCC(=O)O)cccc12.Cl. The van der Waals surface area contributed by atoms with Gasteiger partial charge in [0.1, 0.15) is 17.0 Å². The molecule has 4 rings (SSSR count). The zero-order valence-corrected chi connectivity index (χ0v) is 19.9. The maximum absolute atomic E-state index is 11.6. The summed E-state index contributed by atoms with van der Waals surface area (Å²) in [5, 5.41) is 13.9. The molecule has 0 radical (unpaired) electrons. The van der Waals surface area contributed by atoms with Crippen LogP contribution in [0.2, 0.25) is 0 Å². The van der Waals surface area contributed by atoms with Gasteiger partial charge in [0.15, 0.2) is 6.61 Å². The van der Waals surface area contributed by atoms with Crippen molar-refractivity contribution in [1.29, 1.82) is 0 Å². The minimum Gasteiger partial charge on any atom is -0.494 e. The number of aliphatic carboxylic acids is 1. The smallest absolute Gasteiger partial charge is 0.341 e. The van der Waals surface area contributed by atoms with E-state index in [0.29, 0.717) is 33.9 Å². The molecule has 0 aliphatic rings. The molecule has 1 aromatic heterocycles. The van der Waals surface area contributed by atoms with Crippen LogP contribution in [0.3, 0.4) is 0 Å². The summed E-state index contributed by atoms with van der Waals surface area (Å²) in [6.45, 7) is -0.487. The number of carbonyl (C=O) groups is 1. The number of sulfonamides is 1. The monoisotopic (exact) mass is 503 g/mol. The van der Waals surface area contributed by atoms with Crippen LogP contribution in [-0.2, 0) is 14.8 Å². The Balaban J connectivity index is 0.00000324. The fraction of sp³-hybridized carbons (Fsp3) is 0.130. The number of para-hydroxylation sites is 2. The zero-order chi connectivity index (χ0) is 23.6. The van der Waals surface area contributed by atoms with Gasteiger partial charge in [-0.15, -0.1) is 12.4 Å². The van der Waals surface area contributed by atoms with Crippen LogP contribution in [0.15, 0.2) is 60.7 Å². The summed E-state index contributed by atoms with van der Waals surface area (Å²) < 4.78 is 36.5. The van der Waals surface area contributed by atoms with E-state index in [-0.39, 0.29) is 12.4 Å². The fourth-order valence-electron chi connectivity index (χ4n) is 3.48. The Morgan fingerprint density at radius 2 is 1.76 bits per heavy atom. The second-order valence-corrected chi connectivity index (χ2v) is 9.00. The van der Waals surface area contributed by atoms with Crippen LogP contribution in [0.5, 0.6) is 11.5 Å². The van der Waals surface area contributed by atoms with Crippen LogP contribution in [0.25, 0.3) is 21.8 Å². The van der Waals surface area contributed by atoms with Crippen molar-refractivity contribution in [3.8, 4) is 11.5 Å². The molecule has 11 heteroatoms. The number of hydrogen-bond acceptors (Lipinski definition) is 7. The normalized spacial score (nSPS) is 11.0. The molecular formula is C23H22ClN3O6S. The average Bonchev–Trinajstić information content (AvgIpc) is 2.77. The van der Waals surface area contributed by atoms with Gasteiger partial charge in [-0.2, -0.15) is 0 Å². The molecule has 0 spiro atoms. The first-order valence-electron chi connectivity index (χ1n) is 9.84. The molecule has 3 aromatic carbocycles. The summed E-state index contributed by atoms with van der Waals surface area (Å²) in [4.78, 5) is 15.7. The van der Waals surface area contributed by atoms with Crippen molar-refractivity contribution >= 4 is 67.3 Å². The summed E-state index contributed by atoms with van der Waals surface area (Å²) in [5.41, 5.74) is 2.89. The first-order chi connectivity index (χ1) is 15.7. The van der Waals surface area contributed by atoms with Crippen molar-refractivity contribution < 1.29 is 27.8 Å². The molecule has 0 amide bonds. The van der Waals surface area contributed by atoms with E-state index in [1.165, 1.54) is 7.11 Å². The lowest BCUT2D eigenvalue weighted by atomic mass is 10.1. The number of fused-ring (bicyclic) bond motifs is 2. The molecule has 0 saturated carbocycles. The van der Waals surface area contributed by atoms with Gasteiger partial charge in [0.25, 0.3) is 0 Å². The highest BCUT2D eigenvalue weighted by molar-refractivity contribution is 7.92. The number of halogens is 1. The van der Waals surface area contributed by atoms with E-state index in [4.69, 9.17) is 14.6 Å². The maximum atomic E-state index is 11.6. The molecule has 0 fully saturated rings. The molecule has 34 heavy (non-hydrogen) atoms. The molecule has 0 saturated heterocycles. The average molecular weight is 504 g/mol. The summed E-state index contributed by atoms with van der Waals surface area (Å²) in [6.07, 6.45) is 1.07. The van der Waals surface area contributed by atoms with Crippen molar-refractivity contribution in [3.63, 3.8) is 0 Å². The molecule has 9 nitrogen and oxygen atoms in total. The zero-order valence-electron chi connectivity index (χ0n) is 18.2. The van der Waals surface area contributed by atoms with E-state index >= 15 is 0 Å². The van der Waals surface area contributed by atoms with Crippen LogP contribution >= 0.6 is 12.4 Å². The van der Waals surface area contributed by atoms with E-state index in [2.05, 4.69) is 15.0 Å². The van der Waals surface area contributed by atoms with Gasteiger partial charge < -0.3 is 19.9 Å². The maximum Gasteiger partial charge on any atom is 0.341 e. The van der Waals surface area contributed by atoms with Crippen molar-refractivity contribution in [2.24, 2.45) is 0 Å². The number of aromatic nitrogens is 1. The van der Waals surface area contributed by atoms with Gasteiger partial charge in [-0.25, -0.2) is 18.2 Å². The minimum atomic E-state index is -3.44. The molecule has 4 aromatic rings. The molecule has 0 bridgehead atoms. The van der Waals surface area contributed by atoms with Crippen LogP contribution < -0.4 is 19.5 Å². The first kappa shape index (κ1) is 24.9. The van der Waals surface area contributed by atoms with Gasteiger partial charge in [-0.3, -0.25) is 4.72 Å². The Bertz CT molecular complexity index is 1480. The highest BCUT2D eigenvalue weighted by atomic mass is 35.5. The largest absolute Gasteiger partial charge is 0.494 e. The van der Waals surface area contributed by atoms with Crippen LogP contribution in [0.4, 0.5) is 17.1 Å². The van der Waals surface area contributed by atoms with E-state index in [9.17, 15) is 13.2 Å². The number of methoxy groups -OCH3 is 1. The number of carboxylic acids is 1. The number of benzene rings is 3. The fourth-order valence-corrected chi connectivity index (χ4v) is 4.04. The van der Waals surface area contributed by atoms with Crippen LogP contribution in [0.1, 0.15) is 0 Å². The van der Waals surface area contributed by atoms with Crippen molar-refractivity contribution in [2.75, 3.05) is 30.0 Å². The van der Waals surface area contributed by atoms with E-state index in [1.54, 1.807) is 30.3 Å². The van der Waals surface area contributed by atoms with Gasteiger partial charge in [0.2, 0.25) is 10.0 Å². The Morgan fingerprint density at radius 1 is 1.03 bits per heavy atom. The molecule has 0 unspecified atom stereocenters. The first-order valence-corrected chi connectivity index (χ1v) is 11.7. The quantitative estimate of drug-likeness (QED) is 0.302. The van der Waals surface area contributed by atoms with Crippen LogP contribution in [0, 0.1) is 0 Å². The van der Waals surface area contributed by atoms with Crippen molar-refractivity contribution in [1.82, 2.24) is 4.98 Å². The lowest BCUT2D eigenvalue weighted by Crippen LogP contribution is -2.10. The molecule has 178 valence electrons. The number of anilines is 3. The molecule has 3 N–H and O–H groups in total. The van der Waals surface area contributed by atoms with Gasteiger partial charge in [0.05, 0.1) is 35.9 Å². The third-order valence-electron chi connectivity index (χ3n) is 4.79. The summed E-state index contributed by atoms with van der Waals surface area (Å²) in [7, 11) is -1.95. The number of rotatable bonds is 8. The molecule has 0 atom stereocenters. The Morgan fingerprint density at radius 3 is 2.47 bits per heavy atom. The number of nitrogens with one attached hydrogen (secondary N) is 2. The van der Waals surface area contributed by atoms with Crippen molar-refractivity contribution in [3.05, 3.63) is 60.7 Å². The van der Waals surface area contributed by atoms with Crippen LogP contribution in [-0.4, -0.2) is 44.5 Å². The molecular weight excluding hydrogens is 482 g/mol. The second kappa shape index (κ2) is 10.0. The Hall–Kier alpha value is -3.76.